The van der Waals surface area contributed by atoms with Gasteiger partial charge in [-0.15, -0.1) is 11.3 Å². The molecule has 0 spiro atoms. The highest BCUT2D eigenvalue weighted by atomic mass is 35.5. The number of thiazole rings is 1. The summed E-state index contributed by atoms with van der Waals surface area (Å²) in [5, 5.41) is 1.04. The molecule has 1 aromatic heterocycles. The molecule has 0 saturated heterocycles. The molecule has 2 heterocycles. The average Bonchev–Trinajstić information content (AvgIpc) is 3.17. The first-order chi connectivity index (χ1) is 17.3. The summed E-state index contributed by atoms with van der Waals surface area (Å²) in [7, 11) is 0. The minimum absolute atomic E-state index is 0.0207. The first kappa shape index (κ1) is 25.8. The van der Waals surface area contributed by atoms with Gasteiger partial charge in [0.2, 0.25) is 0 Å². The number of rotatable bonds is 6. The van der Waals surface area contributed by atoms with E-state index in [0.29, 0.717) is 20.1 Å². The number of nitrogens with two attached hydrogens (primary N) is 1. The molecule has 0 saturated carbocycles. The van der Waals surface area contributed by atoms with Gasteiger partial charge in [-0.05, 0) is 55.3 Å². The van der Waals surface area contributed by atoms with Crippen molar-refractivity contribution in [3.8, 4) is 0 Å². The monoisotopic (exact) mass is 544 g/mol. The van der Waals surface area contributed by atoms with Crippen molar-refractivity contribution < 1.29 is 19.1 Å². The highest BCUT2D eigenvalue weighted by molar-refractivity contribution is 7.07. The quantitative estimate of drug-likeness (QED) is 0.478. The van der Waals surface area contributed by atoms with Gasteiger partial charge in [-0.3, -0.25) is 9.36 Å². The lowest BCUT2D eigenvalue weighted by molar-refractivity contribution is -0.138. The summed E-state index contributed by atoms with van der Waals surface area (Å²) < 4.78 is 12.4. The maximum Gasteiger partial charge on any atom is 0.338 e. The third kappa shape index (κ3) is 4.84. The lowest BCUT2D eigenvalue weighted by Crippen LogP contribution is -2.42. The van der Waals surface area contributed by atoms with Crippen molar-refractivity contribution >= 4 is 63.9 Å². The third-order valence-corrected chi connectivity index (χ3v) is 7.12. The summed E-state index contributed by atoms with van der Waals surface area (Å²) in [6.45, 7) is 3.52. The Morgan fingerprint density at radius 1 is 0.944 bits per heavy atom. The van der Waals surface area contributed by atoms with Crippen LogP contribution in [0.1, 0.15) is 30.9 Å². The van der Waals surface area contributed by atoms with Crippen LogP contribution < -0.4 is 20.5 Å². The molecule has 0 bridgehead atoms. The number of carbonyl (C=O) groups is 2. The first-order valence-corrected chi connectivity index (χ1v) is 12.7. The van der Waals surface area contributed by atoms with Crippen LogP contribution in [0.5, 0.6) is 0 Å². The SMILES string of the molecule is CCOC(=O)C1=C(N)n2c(s/c(=C\c3ccc(Cl)cc3)c2=O)=C(C(=O)OCC)[C@H]1c1ccc(Cl)cc1. The van der Waals surface area contributed by atoms with Crippen LogP contribution >= 0.6 is 34.5 Å². The van der Waals surface area contributed by atoms with Crippen molar-refractivity contribution in [2.45, 2.75) is 19.8 Å². The van der Waals surface area contributed by atoms with Crippen molar-refractivity contribution in [3.63, 3.8) is 0 Å². The minimum atomic E-state index is -0.929. The van der Waals surface area contributed by atoms with E-state index in [4.69, 9.17) is 38.4 Å². The Bertz CT molecular complexity index is 1540. The molecule has 10 heteroatoms. The average molecular weight is 545 g/mol. The second-order valence-electron chi connectivity index (χ2n) is 7.75. The van der Waals surface area contributed by atoms with Gasteiger partial charge in [0.05, 0.1) is 34.8 Å². The molecule has 0 unspecified atom stereocenters. The highest BCUT2D eigenvalue weighted by Crippen LogP contribution is 2.38. The van der Waals surface area contributed by atoms with Crippen LogP contribution in [-0.4, -0.2) is 29.7 Å². The molecule has 1 aliphatic heterocycles. The number of hydrogen-bond acceptors (Lipinski definition) is 7. The van der Waals surface area contributed by atoms with Crippen molar-refractivity contribution in [2.24, 2.45) is 5.73 Å². The number of fused-ring (bicyclic) bond motifs is 1. The summed E-state index contributed by atoms with van der Waals surface area (Å²) in [5.74, 6) is -2.43. The number of halogens is 2. The molecule has 2 aromatic carbocycles. The molecule has 7 nitrogen and oxygen atoms in total. The third-order valence-electron chi connectivity index (χ3n) is 5.51. The van der Waals surface area contributed by atoms with Gasteiger partial charge in [-0.25, -0.2) is 9.59 Å². The molecule has 1 atom stereocenters. The van der Waals surface area contributed by atoms with Crippen LogP contribution in [0.2, 0.25) is 10.0 Å². The van der Waals surface area contributed by atoms with E-state index in [0.717, 1.165) is 16.9 Å². The van der Waals surface area contributed by atoms with Crippen molar-refractivity contribution in [3.05, 3.63) is 94.8 Å². The van der Waals surface area contributed by atoms with Gasteiger partial charge < -0.3 is 15.2 Å². The molecule has 0 amide bonds. The topological polar surface area (TPSA) is 101 Å². The molecule has 0 radical (unpaired) electrons. The Morgan fingerprint density at radius 2 is 1.47 bits per heavy atom. The van der Waals surface area contributed by atoms with Crippen LogP contribution in [0, 0.1) is 0 Å². The standard InChI is InChI=1S/C26H22Cl2N2O5S/c1-3-34-25(32)20-19(15-7-11-17(28)12-8-15)21(26(33)35-4-2)24-30(22(20)29)23(31)18(36-24)13-14-5-9-16(27)10-6-14/h5-13,19H,3-4,29H2,1-2H3/b18-13-/t19-/m0/s1. The van der Waals surface area contributed by atoms with Gasteiger partial charge in [0.25, 0.3) is 5.56 Å². The summed E-state index contributed by atoms with van der Waals surface area (Å²) in [4.78, 5) is 40.0. The zero-order valence-corrected chi connectivity index (χ0v) is 21.7. The Balaban J connectivity index is 2.10. The first-order valence-electron chi connectivity index (χ1n) is 11.1. The normalized spacial score (nSPS) is 15.6. The van der Waals surface area contributed by atoms with Gasteiger partial charge in [0.1, 0.15) is 10.5 Å². The van der Waals surface area contributed by atoms with Gasteiger partial charge >= 0.3 is 11.9 Å². The number of benzene rings is 2. The number of carbonyl (C=O) groups excluding carboxylic acids is 2. The van der Waals surface area contributed by atoms with E-state index in [-0.39, 0.29) is 34.8 Å². The molecule has 0 aliphatic carbocycles. The van der Waals surface area contributed by atoms with E-state index < -0.39 is 23.4 Å². The van der Waals surface area contributed by atoms with E-state index in [1.807, 2.05) is 0 Å². The van der Waals surface area contributed by atoms with Gasteiger partial charge in [-0.2, -0.15) is 0 Å². The summed E-state index contributed by atoms with van der Waals surface area (Å²) in [6.07, 6.45) is 1.67. The van der Waals surface area contributed by atoms with E-state index in [1.54, 1.807) is 68.5 Å². The fraction of sp³-hybridized carbons (Fsp3) is 0.192. The Morgan fingerprint density at radius 3 is 2.03 bits per heavy atom. The van der Waals surface area contributed by atoms with Crippen molar-refractivity contribution in [1.82, 2.24) is 4.57 Å². The molecular weight excluding hydrogens is 523 g/mol. The minimum Gasteiger partial charge on any atom is -0.463 e. The van der Waals surface area contributed by atoms with Gasteiger partial charge in [0, 0.05) is 10.0 Å². The maximum absolute atomic E-state index is 13.5. The Kier molecular flexibility index (Phi) is 7.68. The lowest BCUT2D eigenvalue weighted by Gasteiger charge is -2.27. The summed E-state index contributed by atoms with van der Waals surface area (Å²) in [5.41, 5.74) is 7.40. The number of hydrogen-bond donors (Lipinski definition) is 1. The highest BCUT2D eigenvalue weighted by Gasteiger charge is 2.39. The van der Waals surface area contributed by atoms with E-state index >= 15 is 0 Å². The fourth-order valence-corrected chi connectivity index (χ4v) is 5.38. The molecule has 36 heavy (non-hydrogen) atoms. The molecule has 2 N–H and O–H groups in total. The second-order valence-corrected chi connectivity index (χ2v) is 9.65. The lowest BCUT2D eigenvalue weighted by atomic mass is 9.83. The van der Waals surface area contributed by atoms with E-state index in [1.165, 1.54) is 4.57 Å². The summed E-state index contributed by atoms with van der Waals surface area (Å²) in [6, 6.07) is 13.6. The van der Waals surface area contributed by atoms with Crippen LogP contribution in [0.4, 0.5) is 0 Å². The van der Waals surface area contributed by atoms with Crippen LogP contribution in [0.3, 0.4) is 0 Å². The predicted octanol–water partition coefficient (Wildman–Crippen LogP) is 3.25. The molecule has 4 rings (SSSR count). The molecule has 186 valence electrons. The zero-order chi connectivity index (χ0) is 26.0. The zero-order valence-electron chi connectivity index (χ0n) is 19.4. The van der Waals surface area contributed by atoms with E-state index in [2.05, 4.69) is 0 Å². The predicted molar refractivity (Wildman–Crippen MR) is 141 cm³/mol. The second kappa shape index (κ2) is 10.7. The number of esters is 2. The number of ether oxygens (including phenoxy) is 2. The molecular formula is C26H22Cl2N2O5S. The maximum atomic E-state index is 13.5. The van der Waals surface area contributed by atoms with Crippen molar-refractivity contribution in [1.29, 1.82) is 0 Å². The number of nitrogens with zero attached hydrogens (tertiary/aromatic N) is 1. The summed E-state index contributed by atoms with van der Waals surface area (Å²) >= 11 is 13.2. The van der Waals surface area contributed by atoms with Crippen LogP contribution in [0.25, 0.3) is 17.5 Å². The Hall–Kier alpha value is -3.33. The molecule has 1 aliphatic rings. The molecule has 3 aromatic rings. The van der Waals surface area contributed by atoms with Gasteiger partial charge in [-0.1, -0.05) is 47.5 Å². The van der Waals surface area contributed by atoms with E-state index in [9.17, 15) is 14.4 Å². The van der Waals surface area contributed by atoms with Crippen molar-refractivity contribution in [2.75, 3.05) is 13.2 Å². The van der Waals surface area contributed by atoms with Crippen LogP contribution in [-0.2, 0) is 19.1 Å². The van der Waals surface area contributed by atoms with Gasteiger partial charge in [0.15, 0.2) is 0 Å². The molecule has 0 fully saturated rings. The Labute approximate surface area is 220 Å². The number of aromatic nitrogens is 1. The fourth-order valence-electron chi connectivity index (χ4n) is 3.96. The van der Waals surface area contributed by atoms with Crippen LogP contribution in [0.15, 0.2) is 58.9 Å². The largest absolute Gasteiger partial charge is 0.463 e. The smallest absolute Gasteiger partial charge is 0.338 e.